The van der Waals surface area contributed by atoms with E-state index in [1.165, 1.54) is 29.5 Å². The molecule has 100 valence electrons. The Balaban J connectivity index is 2.31. The molecule has 2 aromatic rings. The van der Waals surface area contributed by atoms with Crippen molar-refractivity contribution >= 4 is 33.0 Å². The monoisotopic (exact) mass is 346 g/mol. The Morgan fingerprint density at radius 2 is 2.11 bits per heavy atom. The summed E-state index contributed by atoms with van der Waals surface area (Å²) >= 11 is 4.66. The van der Waals surface area contributed by atoms with Crippen LogP contribution >= 0.6 is 27.3 Å². The Hall–Kier alpha value is -1.27. The van der Waals surface area contributed by atoms with Gasteiger partial charge in [0.05, 0.1) is 4.88 Å². The summed E-state index contributed by atoms with van der Waals surface area (Å²) in [5.41, 5.74) is 0.320. The number of benzene rings is 1. The Labute approximate surface area is 121 Å². The molecule has 2 nitrogen and oxygen atoms in total. The second-order valence-corrected chi connectivity index (χ2v) is 5.88. The predicted octanol–water partition coefficient (Wildman–Crippen LogP) is 4.65. The van der Waals surface area contributed by atoms with Gasteiger partial charge < -0.3 is 4.74 Å². The molecule has 0 fully saturated rings. The summed E-state index contributed by atoms with van der Waals surface area (Å²) in [6.07, 6.45) is 0. The minimum absolute atomic E-state index is 0.0229. The van der Waals surface area contributed by atoms with E-state index in [-0.39, 0.29) is 11.5 Å². The average molecular weight is 347 g/mol. The molecule has 19 heavy (non-hydrogen) atoms. The molecule has 0 aliphatic carbocycles. The van der Waals surface area contributed by atoms with Gasteiger partial charge in [-0.25, -0.2) is 0 Å². The first-order chi connectivity index (χ1) is 8.97. The molecule has 0 aliphatic heterocycles. The fourth-order valence-electron chi connectivity index (χ4n) is 1.58. The minimum Gasteiger partial charge on any atom is -0.435 e. The van der Waals surface area contributed by atoms with Gasteiger partial charge in [-0.1, -0.05) is 12.1 Å². The molecule has 0 atom stereocenters. The summed E-state index contributed by atoms with van der Waals surface area (Å²) in [4.78, 5) is 13.8. The van der Waals surface area contributed by atoms with Crippen LogP contribution in [0.3, 0.4) is 0 Å². The first-order valence-electron chi connectivity index (χ1n) is 5.33. The summed E-state index contributed by atoms with van der Waals surface area (Å²) < 4.78 is 29.3. The summed E-state index contributed by atoms with van der Waals surface area (Å²) in [7, 11) is 0. The maximum absolute atomic E-state index is 12.3. The van der Waals surface area contributed by atoms with Gasteiger partial charge in [-0.2, -0.15) is 8.78 Å². The maximum atomic E-state index is 12.3. The fourth-order valence-corrected chi connectivity index (χ4v) is 3.37. The minimum atomic E-state index is -2.90. The van der Waals surface area contributed by atoms with Crippen molar-refractivity contribution < 1.29 is 18.3 Å². The first kappa shape index (κ1) is 14.1. The van der Waals surface area contributed by atoms with E-state index >= 15 is 0 Å². The molecule has 0 radical (unpaired) electrons. The highest BCUT2D eigenvalue weighted by Crippen LogP contribution is 2.29. The van der Waals surface area contributed by atoms with Crippen molar-refractivity contribution in [1.29, 1.82) is 0 Å². The van der Waals surface area contributed by atoms with E-state index in [4.69, 9.17) is 0 Å². The lowest BCUT2D eigenvalue weighted by molar-refractivity contribution is -0.0498. The Morgan fingerprint density at radius 3 is 2.68 bits per heavy atom. The molecule has 0 unspecified atom stereocenters. The standard InChI is InChI=1S/C13H9BrF2O2S/c1-7-5-10(14)12(19-7)11(17)8-3-2-4-9(6-8)18-13(15)16/h2-6,13H,1H3. The molecule has 0 saturated heterocycles. The van der Waals surface area contributed by atoms with Gasteiger partial charge in [0.25, 0.3) is 0 Å². The van der Waals surface area contributed by atoms with Gasteiger partial charge in [-0.15, -0.1) is 11.3 Å². The lowest BCUT2D eigenvalue weighted by Crippen LogP contribution is -2.04. The number of ether oxygens (including phenoxy) is 1. The molecule has 0 amide bonds. The van der Waals surface area contributed by atoms with Gasteiger partial charge in [0.1, 0.15) is 5.75 Å². The van der Waals surface area contributed by atoms with Crippen molar-refractivity contribution in [2.45, 2.75) is 13.5 Å². The van der Waals surface area contributed by atoms with E-state index in [1.807, 2.05) is 13.0 Å². The smallest absolute Gasteiger partial charge is 0.387 e. The molecule has 1 heterocycles. The van der Waals surface area contributed by atoms with E-state index in [0.717, 1.165) is 4.88 Å². The summed E-state index contributed by atoms with van der Waals surface area (Å²) in [6, 6.07) is 7.63. The summed E-state index contributed by atoms with van der Waals surface area (Å²) in [5.74, 6) is -0.241. The third-order valence-electron chi connectivity index (χ3n) is 2.34. The Bertz CT molecular complexity index is 610. The molecule has 1 aromatic carbocycles. The number of rotatable bonds is 4. The summed E-state index contributed by atoms with van der Waals surface area (Å²) in [5, 5.41) is 0. The number of carbonyl (C=O) groups excluding carboxylic acids is 1. The zero-order valence-corrected chi connectivity index (χ0v) is 12.2. The van der Waals surface area contributed by atoms with Crippen molar-refractivity contribution in [2.24, 2.45) is 0 Å². The third kappa shape index (κ3) is 3.39. The predicted molar refractivity (Wildman–Crippen MR) is 73.3 cm³/mol. The number of alkyl halides is 2. The van der Waals surface area contributed by atoms with E-state index < -0.39 is 6.61 Å². The van der Waals surface area contributed by atoms with Crippen LogP contribution < -0.4 is 4.74 Å². The lowest BCUT2D eigenvalue weighted by Gasteiger charge is -2.05. The number of halogens is 3. The van der Waals surface area contributed by atoms with Crippen molar-refractivity contribution in [3.05, 3.63) is 50.1 Å². The molecule has 6 heteroatoms. The zero-order chi connectivity index (χ0) is 14.0. The van der Waals surface area contributed by atoms with Crippen LogP contribution in [-0.4, -0.2) is 12.4 Å². The lowest BCUT2D eigenvalue weighted by atomic mass is 10.1. The van der Waals surface area contributed by atoms with Crippen LogP contribution in [0.1, 0.15) is 20.1 Å². The largest absolute Gasteiger partial charge is 0.435 e. The molecule has 0 aliphatic rings. The number of aryl methyl sites for hydroxylation is 1. The molecular weight excluding hydrogens is 338 g/mol. The number of thiophene rings is 1. The third-order valence-corrected chi connectivity index (χ3v) is 4.27. The van der Waals surface area contributed by atoms with Gasteiger partial charge >= 0.3 is 6.61 Å². The molecule has 1 aromatic heterocycles. The topological polar surface area (TPSA) is 26.3 Å². The van der Waals surface area contributed by atoms with Crippen LogP contribution in [0, 0.1) is 6.92 Å². The SMILES string of the molecule is Cc1cc(Br)c(C(=O)c2cccc(OC(F)F)c2)s1. The second kappa shape index (κ2) is 5.79. The molecule has 2 rings (SSSR count). The second-order valence-electron chi connectivity index (χ2n) is 3.77. The first-order valence-corrected chi connectivity index (χ1v) is 6.94. The molecule has 0 spiro atoms. The van der Waals surface area contributed by atoms with Crippen LogP contribution in [0.4, 0.5) is 8.78 Å². The van der Waals surface area contributed by atoms with E-state index in [0.29, 0.717) is 14.9 Å². The van der Waals surface area contributed by atoms with Gasteiger partial charge in [-0.05, 0) is 41.1 Å². The molecule has 0 bridgehead atoms. The highest BCUT2D eigenvalue weighted by molar-refractivity contribution is 9.10. The van der Waals surface area contributed by atoms with E-state index in [9.17, 15) is 13.6 Å². The fraction of sp³-hybridized carbons (Fsp3) is 0.154. The average Bonchev–Trinajstić information content (AvgIpc) is 2.67. The van der Waals surface area contributed by atoms with Crippen LogP contribution in [0.25, 0.3) is 0 Å². The van der Waals surface area contributed by atoms with Gasteiger partial charge in [0.15, 0.2) is 0 Å². The molecule has 0 N–H and O–H groups in total. The van der Waals surface area contributed by atoms with E-state index in [1.54, 1.807) is 6.07 Å². The molecular formula is C13H9BrF2O2S. The van der Waals surface area contributed by atoms with E-state index in [2.05, 4.69) is 20.7 Å². The maximum Gasteiger partial charge on any atom is 0.387 e. The van der Waals surface area contributed by atoms with Gasteiger partial charge in [-0.3, -0.25) is 4.79 Å². The van der Waals surface area contributed by atoms with Crippen LogP contribution in [0.5, 0.6) is 5.75 Å². The van der Waals surface area contributed by atoms with Crippen molar-refractivity contribution in [3.8, 4) is 5.75 Å². The summed E-state index contributed by atoms with van der Waals surface area (Å²) in [6.45, 7) is -1.01. The van der Waals surface area contributed by atoms with Crippen molar-refractivity contribution in [1.82, 2.24) is 0 Å². The normalized spacial score (nSPS) is 10.8. The van der Waals surface area contributed by atoms with Crippen molar-refractivity contribution in [3.63, 3.8) is 0 Å². The number of hydrogen-bond acceptors (Lipinski definition) is 3. The number of hydrogen-bond donors (Lipinski definition) is 0. The highest BCUT2D eigenvalue weighted by Gasteiger charge is 2.16. The number of ketones is 1. The van der Waals surface area contributed by atoms with Gasteiger partial charge in [0.2, 0.25) is 5.78 Å². The van der Waals surface area contributed by atoms with Crippen LogP contribution in [0.15, 0.2) is 34.8 Å². The number of carbonyl (C=O) groups is 1. The molecule has 0 saturated carbocycles. The quantitative estimate of drug-likeness (QED) is 0.753. The Morgan fingerprint density at radius 1 is 1.37 bits per heavy atom. The van der Waals surface area contributed by atoms with Crippen LogP contribution in [-0.2, 0) is 0 Å². The Kier molecular flexibility index (Phi) is 4.31. The van der Waals surface area contributed by atoms with Crippen LogP contribution in [0.2, 0.25) is 0 Å². The van der Waals surface area contributed by atoms with Gasteiger partial charge in [0, 0.05) is 14.9 Å². The van der Waals surface area contributed by atoms with Crippen molar-refractivity contribution in [2.75, 3.05) is 0 Å². The highest BCUT2D eigenvalue weighted by atomic mass is 79.9. The zero-order valence-electron chi connectivity index (χ0n) is 9.82.